The first-order chi connectivity index (χ1) is 22.8. The van der Waals surface area contributed by atoms with E-state index in [1.165, 1.54) is 95.3 Å². The van der Waals surface area contributed by atoms with Gasteiger partial charge in [0.15, 0.2) is 0 Å². The molecular formula is C44H26S2. The van der Waals surface area contributed by atoms with Gasteiger partial charge in [0.25, 0.3) is 0 Å². The molecule has 0 fully saturated rings. The predicted molar refractivity (Wildman–Crippen MR) is 204 cm³/mol. The van der Waals surface area contributed by atoms with Gasteiger partial charge in [-0.2, -0.15) is 0 Å². The normalized spacial score (nSPS) is 11.9. The lowest BCUT2D eigenvalue weighted by Gasteiger charge is -2.18. The molecule has 0 radical (unpaired) electrons. The van der Waals surface area contributed by atoms with Crippen molar-refractivity contribution in [3.05, 3.63) is 158 Å². The zero-order valence-corrected chi connectivity index (χ0v) is 26.5. The van der Waals surface area contributed by atoms with Gasteiger partial charge in [0.05, 0.1) is 0 Å². The average molecular weight is 619 g/mol. The van der Waals surface area contributed by atoms with Crippen molar-refractivity contribution in [2.75, 3.05) is 0 Å². The van der Waals surface area contributed by atoms with Gasteiger partial charge in [-0.1, -0.05) is 133 Å². The molecule has 0 amide bonds. The van der Waals surface area contributed by atoms with Crippen LogP contribution in [0.3, 0.4) is 0 Å². The molecule has 2 heteroatoms. The number of rotatable bonds is 3. The van der Waals surface area contributed by atoms with E-state index in [0.29, 0.717) is 0 Å². The number of benzene rings is 8. The minimum atomic E-state index is 1.24. The third-order valence-corrected chi connectivity index (χ3v) is 11.9. The SMILES string of the molecule is c1ccc(-c2c3ccccc3c(-c3cccc(-c4cc5c6ccccc6sc5c5c4sc4ccccc45)c3)c3ccccc23)cc1. The molecule has 0 atom stereocenters. The average Bonchev–Trinajstić information content (AvgIpc) is 3.69. The van der Waals surface area contributed by atoms with Crippen LogP contribution in [0, 0.1) is 0 Å². The van der Waals surface area contributed by atoms with E-state index in [-0.39, 0.29) is 0 Å². The van der Waals surface area contributed by atoms with E-state index < -0.39 is 0 Å². The molecular weight excluding hydrogens is 593 g/mol. The predicted octanol–water partition coefficient (Wildman–Crippen LogP) is 13.7. The molecule has 8 aromatic carbocycles. The van der Waals surface area contributed by atoms with Crippen LogP contribution < -0.4 is 0 Å². The quantitative estimate of drug-likeness (QED) is 0.173. The summed E-state index contributed by atoms with van der Waals surface area (Å²) in [4.78, 5) is 0. The van der Waals surface area contributed by atoms with Gasteiger partial charge >= 0.3 is 0 Å². The Balaban J connectivity index is 1.29. The lowest BCUT2D eigenvalue weighted by atomic mass is 9.85. The number of thiophene rings is 2. The van der Waals surface area contributed by atoms with Gasteiger partial charge in [-0.15, -0.1) is 22.7 Å². The number of hydrogen-bond donors (Lipinski definition) is 0. The van der Waals surface area contributed by atoms with Crippen LogP contribution in [-0.4, -0.2) is 0 Å². The summed E-state index contributed by atoms with van der Waals surface area (Å²) < 4.78 is 5.44. The number of fused-ring (bicyclic) bond motifs is 9. The maximum atomic E-state index is 2.46. The van der Waals surface area contributed by atoms with E-state index in [1.54, 1.807) is 0 Å². The van der Waals surface area contributed by atoms with Gasteiger partial charge in [0.2, 0.25) is 0 Å². The standard InChI is InChI=1S/C44H26S2/c1-2-13-27(14-3-1)40-31-18-4-6-20-33(31)41(34-21-7-5-19-32(34)40)29-16-12-15-28(25-29)36-26-37-30-17-8-10-23-38(30)45-44(37)42-35-22-9-11-24-39(35)46-43(36)42/h1-26H. The Kier molecular flexibility index (Phi) is 5.72. The van der Waals surface area contributed by atoms with Gasteiger partial charge in [0, 0.05) is 45.9 Å². The maximum Gasteiger partial charge on any atom is 0.0449 e. The molecule has 2 aromatic heterocycles. The molecule has 214 valence electrons. The molecule has 0 bridgehead atoms. The Morgan fingerprint density at radius 2 is 0.783 bits per heavy atom. The second kappa shape index (κ2) is 10.1. The first-order valence-corrected chi connectivity index (χ1v) is 17.3. The number of hydrogen-bond acceptors (Lipinski definition) is 2. The van der Waals surface area contributed by atoms with Crippen molar-refractivity contribution >= 4 is 84.6 Å². The molecule has 10 aromatic rings. The topological polar surface area (TPSA) is 0 Å². The fourth-order valence-corrected chi connectivity index (χ4v) is 10.0. The van der Waals surface area contributed by atoms with Crippen molar-refractivity contribution in [1.82, 2.24) is 0 Å². The molecule has 0 unspecified atom stereocenters. The summed E-state index contributed by atoms with van der Waals surface area (Å²) in [6.45, 7) is 0. The van der Waals surface area contributed by atoms with E-state index in [0.717, 1.165) is 0 Å². The van der Waals surface area contributed by atoms with Crippen LogP contribution in [0.2, 0.25) is 0 Å². The molecule has 0 aliphatic carbocycles. The molecule has 0 saturated carbocycles. The molecule has 0 aliphatic rings. The highest BCUT2D eigenvalue weighted by Crippen LogP contribution is 2.49. The molecule has 0 saturated heterocycles. The zero-order chi connectivity index (χ0) is 30.2. The molecule has 2 heterocycles. The van der Waals surface area contributed by atoms with Gasteiger partial charge in [-0.05, 0) is 73.6 Å². The Morgan fingerprint density at radius 1 is 0.304 bits per heavy atom. The van der Waals surface area contributed by atoms with E-state index in [4.69, 9.17) is 0 Å². The third-order valence-electron chi connectivity index (χ3n) is 9.45. The van der Waals surface area contributed by atoms with Crippen LogP contribution in [0.25, 0.3) is 95.3 Å². The van der Waals surface area contributed by atoms with Crippen molar-refractivity contribution < 1.29 is 0 Å². The van der Waals surface area contributed by atoms with Gasteiger partial charge in [-0.25, -0.2) is 0 Å². The largest absolute Gasteiger partial charge is 0.134 e. The molecule has 0 nitrogen and oxygen atoms in total. The van der Waals surface area contributed by atoms with Crippen molar-refractivity contribution in [1.29, 1.82) is 0 Å². The fourth-order valence-electron chi connectivity index (χ4n) is 7.48. The highest BCUT2D eigenvalue weighted by Gasteiger charge is 2.20. The molecule has 10 rings (SSSR count). The summed E-state index contributed by atoms with van der Waals surface area (Å²) in [6, 6.07) is 58.2. The van der Waals surface area contributed by atoms with Crippen LogP contribution in [0.5, 0.6) is 0 Å². The second-order valence-corrected chi connectivity index (χ2v) is 14.1. The summed E-state index contributed by atoms with van der Waals surface area (Å²) in [6.07, 6.45) is 0. The Hall–Kier alpha value is -5.28. The van der Waals surface area contributed by atoms with E-state index in [2.05, 4.69) is 158 Å². The zero-order valence-electron chi connectivity index (χ0n) is 24.8. The van der Waals surface area contributed by atoms with Crippen molar-refractivity contribution in [3.8, 4) is 33.4 Å². The van der Waals surface area contributed by atoms with Crippen molar-refractivity contribution in [3.63, 3.8) is 0 Å². The molecule has 0 aliphatic heterocycles. The third kappa shape index (κ3) is 3.78. The molecule has 0 N–H and O–H groups in total. The van der Waals surface area contributed by atoms with Crippen LogP contribution >= 0.6 is 22.7 Å². The molecule has 0 spiro atoms. The Bertz CT molecular complexity index is 2740. The summed E-state index contributed by atoms with van der Waals surface area (Å²) in [5.41, 5.74) is 7.65. The molecule has 46 heavy (non-hydrogen) atoms. The summed E-state index contributed by atoms with van der Waals surface area (Å²) in [7, 11) is 0. The van der Waals surface area contributed by atoms with Gasteiger partial charge in [-0.3, -0.25) is 0 Å². The van der Waals surface area contributed by atoms with E-state index in [1.807, 2.05) is 22.7 Å². The lowest BCUT2D eigenvalue weighted by Crippen LogP contribution is -1.91. The summed E-state index contributed by atoms with van der Waals surface area (Å²) >= 11 is 3.84. The van der Waals surface area contributed by atoms with Gasteiger partial charge in [0.1, 0.15) is 0 Å². The van der Waals surface area contributed by atoms with Crippen LogP contribution in [0.4, 0.5) is 0 Å². The Morgan fingerprint density at radius 3 is 1.46 bits per heavy atom. The van der Waals surface area contributed by atoms with Crippen LogP contribution in [-0.2, 0) is 0 Å². The lowest BCUT2D eigenvalue weighted by molar-refractivity contribution is 1.64. The van der Waals surface area contributed by atoms with Crippen molar-refractivity contribution in [2.45, 2.75) is 0 Å². The second-order valence-electron chi connectivity index (χ2n) is 12.0. The minimum absolute atomic E-state index is 1.24. The monoisotopic (exact) mass is 618 g/mol. The van der Waals surface area contributed by atoms with Crippen LogP contribution in [0.1, 0.15) is 0 Å². The minimum Gasteiger partial charge on any atom is -0.134 e. The Labute approximate surface area is 274 Å². The van der Waals surface area contributed by atoms with E-state index >= 15 is 0 Å². The van der Waals surface area contributed by atoms with E-state index in [9.17, 15) is 0 Å². The highest BCUT2D eigenvalue weighted by molar-refractivity contribution is 7.30. The van der Waals surface area contributed by atoms with Crippen molar-refractivity contribution in [2.24, 2.45) is 0 Å². The van der Waals surface area contributed by atoms with Crippen LogP contribution in [0.15, 0.2) is 158 Å². The van der Waals surface area contributed by atoms with Gasteiger partial charge < -0.3 is 0 Å². The maximum absolute atomic E-state index is 2.46. The smallest absolute Gasteiger partial charge is 0.0449 e. The first kappa shape index (κ1) is 26.0. The summed E-state index contributed by atoms with van der Waals surface area (Å²) in [5, 5.41) is 10.6. The first-order valence-electron chi connectivity index (χ1n) is 15.7. The summed E-state index contributed by atoms with van der Waals surface area (Å²) in [5.74, 6) is 0. The highest BCUT2D eigenvalue weighted by atomic mass is 32.1. The fraction of sp³-hybridized carbons (Fsp3) is 0.